The standard InChI is InChI=1S/C17H24N4O/c1-3-21-12-15(11-20-21)17-14(5-4-8-22-17)10-19-16-6-7-18-9-13(16)2/h6-7,9,11-12,14,17H,3-5,8,10H2,1-2H3,(H,18,19)/t14-,17+/m0/s1. The fraction of sp³-hybridized carbons (Fsp3) is 0.529. The molecule has 0 radical (unpaired) electrons. The summed E-state index contributed by atoms with van der Waals surface area (Å²) in [6.45, 7) is 6.82. The van der Waals surface area contributed by atoms with Gasteiger partial charge in [0, 0.05) is 55.5 Å². The Morgan fingerprint density at radius 1 is 1.41 bits per heavy atom. The number of aromatic nitrogens is 3. The maximum absolute atomic E-state index is 6.05. The zero-order valence-electron chi connectivity index (χ0n) is 13.3. The van der Waals surface area contributed by atoms with Gasteiger partial charge in [-0.15, -0.1) is 0 Å². The largest absolute Gasteiger partial charge is 0.384 e. The molecule has 3 heterocycles. The van der Waals surface area contributed by atoms with Gasteiger partial charge in [0.05, 0.1) is 12.3 Å². The third-order valence-corrected chi connectivity index (χ3v) is 4.33. The van der Waals surface area contributed by atoms with Crippen LogP contribution in [0.25, 0.3) is 0 Å². The highest BCUT2D eigenvalue weighted by Crippen LogP contribution is 2.33. The molecule has 0 bridgehead atoms. The number of pyridine rings is 1. The smallest absolute Gasteiger partial charge is 0.0900 e. The molecule has 1 saturated heterocycles. The minimum atomic E-state index is 0.142. The molecule has 1 aliphatic rings. The third kappa shape index (κ3) is 3.30. The van der Waals surface area contributed by atoms with E-state index in [-0.39, 0.29) is 6.10 Å². The van der Waals surface area contributed by atoms with Crippen LogP contribution >= 0.6 is 0 Å². The summed E-state index contributed by atoms with van der Waals surface area (Å²) in [6, 6.07) is 2.03. The summed E-state index contributed by atoms with van der Waals surface area (Å²) < 4.78 is 8.01. The van der Waals surface area contributed by atoms with Crippen LogP contribution in [0.1, 0.15) is 37.0 Å². The Hall–Kier alpha value is -1.88. The maximum atomic E-state index is 6.05. The summed E-state index contributed by atoms with van der Waals surface area (Å²) in [4.78, 5) is 4.14. The molecule has 1 N–H and O–H groups in total. The molecule has 3 rings (SSSR count). The summed E-state index contributed by atoms with van der Waals surface area (Å²) in [5, 5.41) is 7.94. The predicted molar refractivity (Wildman–Crippen MR) is 86.8 cm³/mol. The van der Waals surface area contributed by atoms with Crippen LogP contribution in [0.4, 0.5) is 5.69 Å². The van der Waals surface area contributed by atoms with Crippen LogP contribution in [0.15, 0.2) is 30.9 Å². The van der Waals surface area contributed by atoms with Crippen LogP contribution in [0.5, 0.6) is 0 Å². The monoisotopic (exact) mass is 300 g/mol. The molecule has 5 heteroatoms. The highest BCUT2D eigenvalue weighted by atomic mass is 16.5. The lowest BCUT2D eigenvalue weighted by molar-refractivity contribution is -0.0239. The lowest BCUT2D eigenvalue weighted by Gasteiger charge is -2.31. The first-order valence-electron chi connectivity index (χ1n) is 8.06. The molecule has 0 amide bonds. The summed E-state index contributed by atoms with van der Waals surface area (Å²) in [7, 11) is 0. The first kappa shape index (κ1) is 15.0. The molecule has 1 aliphatic heterocycles. The van der Waals surface area contributed by atoms with E-state index >= 15 is 0 Å². The van der Waals surface area contributed by atoms with Gasteiger partial charge in [-0.1, -0.05) is 0 Å². The van der Waals surface area contributed by atoms with Crippen molar-refractivity contribution in [1.82, 2.24) is 14.8 Å². The van der Waals surface area contributed by atoms with E-state index in [1.165, 1.54) is 17.5 Å². The lowest BCUT2D eigenvalue weighted by atomic mass is 9.90. The van der Waals surface area contributed by atoms with Gasteiger partial charge in [-0.25, -0.2) is 0 Å². The fourth-order valence-corrected chi connectivity index (χ4v) is 3.03. The quantitative estimate of drug-likeness (QED) is 0.921. The molecule has 5 nitrogen and oxygen atoms in total. The lowest BCUT2D eigenvalue weighted by Crippen LogP contribution is -2.28. The Balaban J connectivity index is 1.68. The molecule has 0 unspecified atom stereocenters. The van der Waals surface area contributed by atoms with Crippen molar-refractivity contribution < 1.29 is 4.74 Å². The van der Waals surface area contributed by atoms with Crippen molar-refractivity contribution in [3.8, 4) is 0 Å². The molecular weight excluding hydrogens is 276 g/mol. The van der Waals surface area contributed by atoms with Crippen molar-refractivity contribution in [2.45, 2.75) is 39.3 Å². The highest BCUT2D eigenvalue weighted by Gasteiger charge is 2.28. The number of hydrogen-bond acceptors (Lipinski definition) is 4. The van der Waals surface area contributed by atoms with Crippen molar-refractivity contribution in [3.05, 3.63) is 42.0 Å². The second-order valence-electron chi connectivity index (χ2n) is 5.89. The zero-order chi connectivity index (χ0) is 15.4. The van der Waals surface area contributed by atoms with Crippen molar-refractivity contribution in [2.75, 3.05) is 18.5 Å². The van der Waals surface area contributed by atoms with E-state index in [9.17, 15) is 0 Å². The number of ether oxygens (including phenoxy) is 1. The number of rotatable bonds is 5. The van der Waals surface area contributed by atoms with Crippen molar-refractivity contribution in [2.24, 2.45) is 5.92 Å². The Kier molecular flexibility index (Phi) is 4.73. The highest BCUT2D eigenvalue weighted by molar-refractivity contribution is 5.48. The normalized spacial score (nSPS) is 21.7. The molecule has 2 aromatic heterocycles. The van der Waals surface area contributed by atoms with Gasteiger partial charge in [0.15, 0.2) is 0 Å². The van der Waals surface area contributed by atoms with E-state index in [1.807, 2.05) is 29.3 Å². The van der Waals surface area contributed by atoms with Crippen LogP contribution in [0, 0.1) is 12.8 Å². The second-order valence-corrected chi connectivity index (χ2v) is 5.89. The van der Waals surface area contributed by atoms with Gasteiger partial charge in [-0.2, -0.15) is 5.10 Å². The average molecular weight is 300 g/mol. The average Bonchev–Trinajstić information content (AvgIpc) is 3.03. The molecule has 2 aromatic rings. The van der Waals surface area contributed by atoms with E-state index in [2.05, 4.69) is 35.4 Å². The van der Waals surface area contributed by atoms with E-state index in [4.69, 9.17) is 4.74 Å². The molecule has 1 fully saturated rings. The topological polar surface area (TPSA) is 52.0 Å². The van der Waals surface area contributed by atoms with Gasteiger partial charge < -0.3 is 10.1 Å². The van der Waals surface area contributed by atoms with E-state index in [0.717, 1.165) is 31.8 Å². The van der Waals surface area contributed by atoms with Crippen molar-refractivity contribution in [1.29, 1.82) is 0 Å². The number of hydrogen-bond donors (Lipinski definition) is 1. The first-order chi connectivity index (χ1) is 10.8. The maximum Gasteiger partial charge on any atom is 0.0900 e. The minimum absolute atomic E-state index is 0.142. The van der Waals surface area contributed by atoms with Crippen LogP contribution in [0.3, 0.4) is 0 Å². The van der Waals surface area contributed by atoms with Gasteiger partial charge in [0.25, 0.3) is 0 Å². The van der Waals surface area contributed by atoms with Crippen LogP contribution in [-0.2, 0) is 11.3 Å². The summed E-state index contributed by atoms with van der Waals surface area (Å²) in [5.74, 6) is 0.468. The molecule has 0 aromatic carbocycles. The number of nitrogens with zero attached hydrogens (tertiary/aromatic N) is 3. The van der Waals surface area contributed by atoms with Crippen molar-refractivity contribution >= 4 is 5.69 Å². The summed E-state index contributed by atoms with van der Waals surface area (Å²) >= 11 is 0. The van der Waals surface area contributed by atoms with E-state index < -0.39 is 0 Å². The predicted octanol–water partition coefficient (Wildman–Crippen LogP) is 3.19. The Bertz CT molecular complexity index is 610. The van der Waals surface area contributed by atoms with Gasteiger partial charge >= 0.3 is 0 Å². The molecule has 0 saturated carbocycles. The Morgan fingerprint density at radius 3 is 3.09 bits per heavy atom. The Labute approximate surface area is 131 Å². The van der Waals surface area contributed by atoms with E-state index in [0.29, 0.717) is 5.92 Å². The van der Waals surface area contributed by atoms with Gasteiger partial charge in [-0.3, -0.25) is 9.67 Å². The molecular formula is C17H24N4O. The summed E-state index contributed by atoms with van der Waals surface area (Å²) in [5.41, 5.74) is 3.53. The first-order valence-corrected chi connectivity index (χ1v) is 8.06. The molecule has 0 aliphatic carbocycles. The van der Waals surface area contributed by atoms with Crippen LogP contribution in [-0.4, -0.2) is 27.9 Å². The minimum Gasteiger partial charge on any atom is -0.384 e. The zero-order valence-corrected chi connectivity index (χ0v) is 13.3. The number of nitrogens with one attached hydrogen (secondary N) is 1. The SMILES string of the molecule is CCn1cc([C@@H]2OCCC[C@H]2CNc2ccncc2C)cn1. The molecule has 118 valence electrons. The number of aryl methyl sites for hydroxylation is 2. The summed E-state index contributed by atoms with van der Waals surface area (Å²) in [6.07, 6.45) is 10.2. The van der Waals surface area contributed by atoms with Crippen LogP contribution < -0.4 is 5.32 Å². The molecule has 0 spiro atoms. The van der Waals surface area contributed by atoms with Gasteiger partial charge in [0.1, 0.15) is 0 Å². The number of anilines is 1. The fourth-order valence-electron chi connectivity index (χ4n) is 3.03. The Morgan fingerprint density at radius 2 is 2.32 bits per heavy atom. The van der Waals surface area contributed by atoms with Crippen molar-refractivity contribution in [3.63, 3.8) is 0 Å². The molecule has 22 heavy (non-hydrogen) atoms. The third-order valence-electron chi connectivity index (χ3n) is 4.33. The van der Waals surface area contributed by atoms with Gasteiger partial charge in [-0.05, 0) is 38.3 Å². The molecule has 2 atom stereocenters. The van der Waals surface area contributed by atoms with Crippen LogP contribution in [0.2, 0.25) is 0 Å². The van der Waals surface area contributed by atoms with Gasteiger partial charge in [0.2, 0.25) is 0 Å². The second kappa shape index (κ2) is 6.92. The van der Waals surface area contributed by atoms with E-state index in [1.54, 1.807) is 0 Å².